The van der Waals surface area contributed by atoms with Crippen LogP contribution in [-0.2, 0) is 4.79 Å². The van der Waals surface area contributed by atoms with Crippen LogP contribution in [0.3, 0.4) is 0 Å². The van der Waals surface area contributed by atoms with Gasteiger partial charge in [-0.3, -0.25) is 4.79 Å². The molecule has 0 rings (SSSR count). The second kappa shape index (κ2) is 6.68. The van der Waals surface area contributed by atoms with Crippen molar-refractivity contribution in [2.24, 2.45) is 0 Å². The van der Waals surface area contributed by atoms with Crippen LogP contribution in [-0.4, -0.2) is 23.7 Å². The summed E-state index contributed by atoms with van der Waals surface area (Å²) in [4.78, 5) is 10.9. The van der Waals surface area contributed by atoms with Crippen LogP contribution in [0.4, 0.5) is 0 Å². The highest BCUT2D eigenvalue weighted by Crippen LogP contribution is 1.94. The summed E-state index contributed by atoms with van der Waals surface area (Å²) in [6.45, 7) is 3.79. The highest BCUT2D eigenvalue weighted by molar-refractivity contribution is 5.76. The van der Waals surface area contributed by atoms with E-state index in [2.05, 4.69) is 17.2 Å². The van der Waals surface area contributed by atoms with Crippen LogP contribution in [0.15, 0.2) is 0 Å². The molecule has 0 aliphatic heterocycles. The van der Waals surface area contributed by atoms with E-state index < -0.39 is 6.10 Å². The first kappa shape index (κ1) is 11.0. The third-order valence-electron chi connectivity index (χ3n) is 1.34. The molecule has 0 saturated carbocycles. The van der Waals surface area contributed by atoms with Gasteiger partial charge in [-0.15, -0.1) is 5.92 Å². The van der Waals surface area contributed by atoms with E-state index in [1.54, 1.807) is 13.8 Å². The van der Waals surface area contributed by atoms with E-state index >= 15 is 0 Å². The van der Waals surface area contributed by atoms with Gasteiger partial charge in [0.05, 0.1) is 12.6 Å². The summed E-state index contributed by atoms with van der Waals surface area (Å²) < 4.78 is 0. The van der Waals surface area contributed by atoms with Gasteiger partial charge in [0.2, 0.25) is 5.91 Å². The van der Waals surface area contributed by atoms with Crippen LogP contribution < -0.4 is 5.32 Å². The van der Waals surface area contributed by atoms with Gasteiger partial charge in [-0.05, 0) is 20.3 Å². The van der Waals surface area contributed by atoms with Crippen molar-refractivity contribution < 1.29 is 9.90 Å². The molecule has 1 amide bonds. The maximum Gasteiger partial charge on any atom is 0.220 e. The number of rotatable bonds is 4. The van der Waals surface area contributed by atoms with Gasteiger partial charge in [-0.25, -0.2) is 0 Å². The Labute approximate surface area is 73.2 Å². The lowest BCUT2D eigenvalue weighted by Crippen LogP contribution is -2.24. The third kappa shape index (κ3) is 7.10. The first-order chi connectivity index (χ1) is 5.66. The maximum atomic E-state index is 10.9. The molecule has 0 fully saturated rings. The van der Waals surface area contributed by atoms with Gasteiger partial charge >= 0.3 is 0 Å². The lowest BCUT2D eigenvalue weighted by Gasteiger charge is -2.02. The van der Waals surface area contributed by atoms with Gasteiger partial charge in [0.1, 0.15) is 0 Å². The van der Waals surface area contributed by atoms with E-state index in [4.69, 9.17) is 5.11 Å². The molecular weight excluding hydrogens is 154 g/mol. The zero-order valence-electron chi connectivity index (χ0n) is 7.55. The fourth-order valence-corrected chi connectivity index (χ4v) is 0.660. The Balaban J connectivity index is 3.38. The molecule has 0 bridgehead atoms. The summed E-state index contributed by atoms with van der Waals surface area (Å²) in [6.07, 6.45) is 0.460. The van der Waals surface area contributed by atoms with Crippen molar-refractivity contribution in [3.63, 3.8) is 0 Å². The van der Waals surface area contributed by atoms with Crippen molar-refractivity contribution in [1.29, 1.82) is 0 Å². The smallest absolute Gasteiger partial charge is 0.220 e. The summed E-state index contributed by atoms with van der Waals surface area (Å²) in [5, 5.41) is 11.5. The predicted molar refractivity (Wildman–Crippen MR) is 47.4 cm³/mol. The average molecular weight is 169 g/mol. The second-order valence-electron chi connectivity index (χ2n) is 2.59. The van der Waals surface area contributed by atoms with E-state index in [-0.39, 0.29) is 5.91 Å². The molecule has 0 saturated heterocycles. The number of aliphatic hydroxyl groups is 1. The predicted octanol–water partition coefficient (Wildman–Crippen LogP) is 0.287. The first-order valence-electron chi connectivity index (χ1n) is 4.01. The number of carbonyl (C=O) groups excluding carboxylic acids is 1. The van der Waals surface area contributed by atoms with Gasteiger partial charge in [-0.2, -0.15) is 0 Å². The minimum absolute atomic E-state index is 0.0568. The first-order valence-corrected chi connectivity index (χ1v) is 4.01. The Hall–Kier alpha value is -1.01. The molecule has 3 nitrogen and oxygen atoms in total. The van der Waals surface area contributed by atoms with Crippen molar-refractivity contribution in [2.75, 3.05) is 6.54 Å². The molecule has 0 spiro atoms. The fourth-order valence-electron chi connectivity index (χ4n) is 0.660. The topological polar surface area (TPSA) is 49.3 Å². The average Bonchev–Trinajstić information content (AvgIpc) is 2.01. The van der Waals surface area contributed by atoms with E-state index in [9.17, 15) is 4.79 Å². The lowest BCUT2D eigenvalue weighted by molar-refractivity contribution is -0.121. The Bertz CT molecular complexity index is 188. The number of nitrogens with one attached hydrogen (secondary N) is 1. The molecule has 2 N–H and O–H groups in total. The molecule has 1 atom stereocenters. The normalized spacial score (nSPS) is 11.2. The lowest BCUT2D eigenvalue weighted by atomic mass is 10.2. The molecule has 0 radical (unpaired) electrons. The minimum Gasteiger partial charge on any atom is -0.393 e. The fraction of sp³-hybridized carbons (Fsp3) is 0.667. The van der Waals surface area contributed by atoms with Crippen LogP contribution in [0, 0.1) is 11.8 Å². The maximum absolute atomic E-state index is 10.9. The van der Waals surface area contributed by atoms with Gasteiger partial charge < -0.3 is 10.4 Å². The number of hydrogen-bond donors (Lipinski definition) is 2. The highest BCUT2D eigenvalue weighted by atomic mass is 16.3. The number of amides is 1. The SMILES string of the molecule is CC#CCNC(=O)CCC(C)O. The van der Waals surface area contributed by atoms with Crippen molar-refractivity contribution in [3.8, 4) is 11.8 Å². The Kier molecular flexibility index (Phi) is 6.12. The molecule has 68 valence electrons. The molecule has 12 heavy (non-hydrogen) atoms. The van der Waals surface area contributed by atoms with E-state index in [0.29, 0.717) is 19.4 Å². The number of hydrogen-bond acceptors (Lipinski definition) is 2. The molecule has 0 heterocycles. The van der Waals surface area contributed by atoms with Crippen molar-refractivity contribution >= 4 is 5.91 Å². The van der Waals surface area contributed by atoms with Crippen LogP contribution in [0.25, 0.3) is 0 Å². The summed E-state index contributed by atoms with van der Waals surface area (Å²) in [7, 11) is 0. The molecule has 0 aliphatic rings. The van der Waals surface area contributed by atoms with E-state index in [1.807, 2.05) is 0 Å². The Morgan fingerprint density at radius 3 is 2.83 bits per heavy atom. The van der Waals surface area contributed by atoms with Gasteiger partial charge in [0.15, 0.2) is 0 Å². The molecule has 3 heteroatoms. The quantitative estimate of drug-likeness (QED) is 0.594. The van der Waals surface area contributed by atoms with Crippen LogP contribution in [0.2, 0.25) is 0 Å². The number of carbonyl (C=O) groups is 1. The molecule has 0 aromatic rings. The monoisotopic (exact) mass is 169 g/mol. The van der Waals surface area contributed by atoms with Crippen LogP contribution >= 0.6 is 0 Å². The Morgan fingerprint density at radius 2 is 2.33 bits per heavy atom. The second-order valence-corrected chi connectivity index (χ2v) is 2.59. The summed E-state index contributed by atoms with van der Waals surface area (Å²) in [6, 6.07) is 0. The van der Waals surface area contributed by atoms with Crippen molar-refractivity contribution in [1.82, 2.24) is 5.32 Å². The van der Waals surface area contributed by atoms with Crippen molar-refractivity contribution in [2.45, 2.75) is 32.8 Å². The highest BCUT2D eigenvalue weighted by Gasteiger charge is 2.01. The largest absolute Gasteiger partial charge is 0.393 e. The summed E-state index contributed by atoms with van der Waals surface area (Å²) in [5.74, 6) is 5.34. The third-order valence-corrected chi connectivity index (χ3v) is 1.34. The van der Waals surface area contributed by atoms with Crippen LogP contribution in [0.5, 0.6) is 0 Å². The van der Waals surface area contributed by atoms with E-state index in [1.165, 1.54) is 0 Å². The van der Waals surface area contributed by atoms with Crippen molar-refractivity contribution in [3.05, 3.63) is 0 Å². The zero-order chi connectivity index (χ0) is 9.40. The summed E-state index contributed by atoms with van der Waals surface area (Å²) in [5.41, 5.74) is 0. The molecular formula is C9H15NO2. The summed E-state index contributed by atoms with van der Waals surface area (Å²) >= 11 is 0. The minimum atomic E-state index is -0.409. The zero-order valence-corrected chi connectivity index (χ0v) is 7.55. The van der Waals surface area contributed by atoms with Gasteiger partial charge in [0, 0.05) is 6.42 Å². The van der Waals surface area contributed by atoms with Gasteiger partial charge in [-0.1, -0.05) is 5.92 Å². The molecule has 0 aliphatic carbocycles. The molecule has 1 unspecified atom stereocenters. The van der Waals surface area contributed by atoms with Crippen LogP contribution in [0.1, 0.15) is 26.7 Å². The van der Waals surface area contributed by atoms with E-state index in [0.717, 1.165) is 0 Å². The Morgan fingerprint density at radius 1 is 1.67 bits per heavy atom. The standard InChI is InChI=1S/C9H15NO2/c1-3-4-7-10-9(12)6-5-8(2)11/h8,11H,5-7H2,1-2H3,(H,10,12). The number of aliphatic hydroxyl groups excluding tert-OH is 1. The molecule has 0 aromatic heterocycles. The van der Waals surface area contributed by atoms with Gasteiger partial charge in [0.25, 0.3) is 0 Å². The molecule has 0 aromatic carbocycles.